The SMILES string of the molecule is N[C@@H]1CN(C(=O)NC(COc2ccccc2F)c2ccccc2)CC[C@H]1F. The molecule has 3 atom stereocenters. The number of rotatable bonds is 5. The number of likely N-dealkylation sites (tertiary alicyclic amines) is 1. The van der Waals surface area contributed by atoms with E-state index in [-0.39, 0.29) is 31.4 Å². The second-order valence-electron chi connectivity index (χ2n) is 6.57. The number of hydrogen-bond donors (Lipinski definition) is 2. The van der Waals surface area contributed by atoms with Crippen molar-refractivity contribution in [1.29, 1.82) is 0 Å². The summed E-state index contributed by atoms with van der Waals surface area (Å²) >= 11 is 0. The largest absolute Gasteiger partial charge is 0.488 e. The molecule has 2 amide bonds. The average Bonchev–Trinajstić information content (AvgIpc) is 2.69. The zero-order valence-electron chi connectivity index (χ0n) is 14.9. The van der Waals surface area contributed by atoms with Crippen LogP contribution >= 0.6 is 0 Å². The number of benzene rings is 2. The molecule has 1 fully saturated rings. The molecule has 0 radical (unpaired) electrons. The third kappa shape index (κ3) is 4.95. The fraction of sp³-hybridized carbons (Fsp3) is 0.350. The summed E-state index contributed by atoms with van der Waals surface area (Å²) in [6.07, 6.45) is -0.876. The minimum atomic E-state index is -1.09. The standard InChI is InChI=1S/C20H23F2N3O2/c21-15-10-11-25(12-17(15)23)20(26)24-18(14-6-2-1-3-7-14)13-27-19-9-5-4-8-16(19)22/h1-9,15,17-18H,10-13,23H2,(H,24,26)/t15-,17-,18?/m1/s1. The summed E-state index contributed by atoms with van der Waals surface area (Å²) in [5.74, 6) is -0.348. The van der Waals surface area contributed by atoms with Crippen molar-refractivity contribution < 1.29 is 18.3 Å². The fourth-order valence-corrected chi connectivity index (χ4v) is 3.02. The van der Waals surface area contributed by atoms with Gasteiger partial charge in [-0.05, 0) is 24.1 Å². The molecule has 27 heavy (non-hydrogen) atoms. The molecule has 3 rings (SSSR count). The Bertz CT molecular complexity index is 760. The normalized spacial score (nSPS) is 20.8. The minimum Gasteiger partial charge on any atom is -0.488 e. The van der Waals surface area contributed by atoms with Gasteiger partial charge in [-0.3, -0.25) is 0 Å². The van der Waals surface area contributed by atoms with Crippen LogP contribution in [-0.4, -0.2) is 42.8 Å². The summed E-state index contributed by atoms with van der Waals surface area (Å²) in [5.41, 5.74) is 6.56. The molecule has 0 bridgehead atoms. The number of carbonyl (C=O) groups excluding carboxylic acids is 1. The summed E-state index contributed by atoms with van der Waals surface area (Å²) in [6.45, 7) is 0.515. The van der Waals surface area contributed by atoms with Gasteiger partial charge >= 0.3 is 6.03 Å². The van der Waals surface area contributed by atoms with Gasteiger partial charge in [0.2, 0.25) is 0 Å². The maximum atomic E-state index is 13.8. The highest BCUT2D eigenvalue weighted by atomic mass is 19.1. The number of amides is 2. The van der Waals surface area contributed by atoms with Gasteiger partial charge in [0.05, 0.1) is 12.1 Å². The van der Waals surface area contributed by atoms with Gasteiger partial charge in [0.15, 0.2) is 11.6 Å². The number of halogens is 2. The van der Waals surface area contributed by atoms with Gasteiger partial charge in [0.1, 0.15) is 12.8 Å². The topological polar surface area (TPSA) is 67.6 Å². The summed E-state index contributed by atoms with van der Waals surface area (Å²) in [7, 11) is 0. The zero-order valence-corrected chi connectivity index (χ0v) is 14.9. The van der Waals surface area contributed by atoms with Crippen molar-refractivity contribution in [3.05, 3.63) is 66.0 Å². The Morgan fingerprint density at radius 3 is 2.63 bits per heavy atom. The lowest BCUT2D eigenvalue weighted by Crippen LogP contribution is -2.54. The monoisotopic (exact) mass is 375 g/mol. The number of nitrogens with two attached hydrogens (primary N) is 1. The van der Waals surface area contributed by atoms with E-state index >= 15 is 0 Å². The Kier molecular flexibility index (Phi) is 6.24. The van der Waals surface area contributed by atoms with E-state index in [4.69, 9.17) is 10.5 Å². The predicted octanol–water partition coefficient (Wildman–Crippen LogP) is 3.03. The number of ether oxygens (including phenoxy) is 1. The van der Waals surface area contributed by atoms with Crippen LogP contribution in [0.3, 0.4) is 0 Å². The van der Waals surface area contributed by atoms with Crippen LogP contribution in [0, 0.1) is 5.82 Å². The minimum absolute atomic E-state index is 0.0579. The van der Waals surface area contributed by atoms with Crippen molar-refractivity contribution in [2.45, 2.75) is 24.7 Å². The number of carbonyl (C=O) groups is 1. The van der Waals surface area contributed by atoms with Crippen molar-refractivity contribution in [2.24, 2.45) is 5.73 Å². The first kappa shape index (κ1) is 19.1. The highest BCUT2D eigenvalue weighted by Gasteiger charge is 2.30. The molecule has 1 aliphatic heterocycles. The lowest BCUT2D eigenvalue weighted by atomic mass is 10.0. The quantitative estimate of drug-likeness (QED) is 0.844. The Morgan fingerprint density at radius 2 is 1.93 bits per heavy atom. The van der Waals surface area contributed by atoms with Crippen LogP contribution in [-0.2, 0) is 0 Å². The summed E-state index contributed by atoms with van der Waals surface area (Å²) in [6, 6.07) is 13.9. The van der Waals surface area contributed by atoms with E-state index in [0.717, 1.165) is 5.56 Å². The van der Waals surface area contributed by atoms with E-state index in [9.17, 15) is 13.6 Å². The Hall–Kier alpha value is -2.67. The molecule has 1 heterocycles. The lowest BCUT2D eigenvalue weighted by Gasteiger charge is -2.34. The number of urea groups is 1. The molecule has 1 aliphatic rings. The van der Waals surface area contributed by atoms with Crippen molar-refractivity contribution in [3.8, 4) is 5.75 Å². The molecular formula is C20H23F2N3O2. The van der Waals surface area contributed by atoms with Crippen LogP contribution in [0.2, 0.25) is 0 Å². The highest BCUT2D eigenvalue weighted by Crippen LogP contribution is 2.20. The first-order valence-electron chi connectivity index (χ1n) is 8.92. The smallest absolute Gasteiger partial charge is 0.318 e. The average molecular weight is 375 g/mol. The van der Waals surface area contributed by atoms with E-state index < -0.39 is 24.1 Å². The van der Waals surface area contributed by atoms with Gasteiger partial charge in [0, 0.05) is 13.1 Å². The molecule has 5 nitrogen and oxygen atoms in total. The molecule has 2 aromatic carbocycles. The molecule has 0 spiro atoms. The van der Waals surface area contributed by atoms with E-state index in [2.05, 4.69) is 5.32 Å². The van der Waals surface area contributed by atoms with Crippen molar-refractivity contribution in [2.75, 3.05) is 19.7 Å². The number of nitrogens with zero attached hydrogens (tertiary/aromatic N) is 1. The summed E-state index contributed by atoms with van der Waals surface area (Å²) < 4.78 is 32.9. The van der Waals surface area contributed by atoms with E-state index in [0.29, 0.717) is 6.54 Å². The van der Waals surface area contributed by atoms with E-state index in [1.165, 1.54) is 17.0 Å². The molecule has 0 aromatic heterocycles. The molecule has 2 aromatic rings. The highest BCUT2D eigenvalue weighted by molar-refractivity contribution is 5.75. The van der Waals surface area contributed by atoms with Gasteiger partial charge in [-0.15, -0.1) is 0 Å². The Morgan fingerprint density at radius 1 is 1.22 bits per heavy atom. The van der Waals surface area contributed by atoms with Crippen LogP contribution in [0.15, 0.2) is 54.6 Å². The predicted molar refractivity (Wildman–Crippen MR) is 98.7 cm³/mol. The van der Waals surface area contributed by atoms with Crippen LogP contribution in [0.5, 0.6) is 5.75 Å². The Balaban J connectivity index is 1.69. The first-order chi connectivity index (χ1) is 13.0. The van der Waals surface area contributed by atoms with Gasteiger partial charge < -0.3 is 20.7 Å². The second kappa shape index (κ2) is 8.81. The van der Waals surface area contributed by atoms with Gasteiger partial charge in [0.25, 0.3) is 0 Å². The Labute approximate surface area is 157 Å². The second-order valence-corrected chi connectivity index (χ2v) is 6.57. The molecule has 1 unspecified atom stereocenters. The number of nitrogens with one attached hydrogen (secondary N) is 1. The molecule has 3 N–H and O–H groups in total. The maximum Gasteiger partial charge on any atom is 0.318 e. The van der Waals surface area contributed by atoms with Gasteiger partial charge in [-0.2, -0.15) is 0 Å². The van der Waals surface area contributed by atoms with Crippen molar-refractivity contribution in [1.82, 2.24) is 10.2 Å². The van der Waals surface area contributed by atoms with E-state index in [1.807, 2.05) is 30.3 Å². The first-order valence-corrected chi connectivity index (χ1v) is 8.92. The molecule has 1 saturated heterocycles. The molecular weight excluding hydrogens is 352 g/mol. The van der Waals surface area contributed by atoms with Crippen LogP contribution in [0.1, 0.15) is 18.0 Å². The lowest BCUT2D eigenvalue weighted by molar-refractivity contribution is 0.131. The third-order valence-electron chi connectivity index (χ3n) is 4.60. The summed E-state index contributed by atoms with van der Waals surface area (Å²) in [4.78, 5) is 14.1. The van der Waals surface area contributed by atoms with Crippen LogP contribution in [0.4, 0.5) is 13.6 Å². The van der Waals surface area contributed by atoms with Gasteiger partial charge in [-0.25, -0.2) is 13.6 Å². The number of piperidine rings is 1. The molecule has 7 heteroatoms. The van der Waals surface area contributed by atoms with Crippen molar-refractivity contribution >= 4 is 6.03 Å². The molecule has 144 valence electrons. The van der Waals surface area contributed by atoms with Crippen molar-refractivity contribution in [3.63, 3.8) is 0 Å². The van der Waals surface area contributed by atoms with E-state index in [1.54, 1.807) is 12.1 Å². The summed E-state index contributed by atoms with van der Waals surface area (Å²) in [5, 5.41) is 2.89. The van der Waals surface area contributed by atoms with Crippen LogP contribution < -0.4 is 15.8 Å². The number of hydrogen-bond acceptors (Lipinski definition) is 3. The molecule has 0 saturated carbocycles. The number of para-hydroxylation sites is 1. The zero-order chi connectivity index (χ0) is 19.2. The number of alkyl halides is 1. The molecule has 0 aliphatic carbocycles. The third-order valence-corrected chi connectivity index (χ3v) is 4.60. The van der Waals surface area contributed by atoms with Gasteiger partial charge in [-0.1, -0.05) is 42.5 Å². The van der Waals surface area contributed by atoms with Crippen LogP contribution in [0.25, 0.3) is 0 Å². The fourth-order valence-electron chi connectivity index (χ4n) is 3.02. The maximum absolute atomic E-state index is 13.8.